The van der Waals surface area contributed by atoms with Crippen LogP contribution in [0.1, 0.15) is 24.2 Å². The molecule has 3 nitrogen and oxygen atoms in total. The Morgan fingerprint density at radius 1 is 1.10 bits per heavy atom. The molecule has 3 rings (SSSR count). The Balaban J connectivity index is 2.04. The number of fused-ring (bicyclic) bond motifs is 1. The predicted octanol–water partition coefficient (Wildman–Crippen LogP) is 3.72. The van der Waals surface area contributed by atoms with E-state index in [1.807, 2.05) is 61.5 Å². The highest BCUT2D eigenvalue weighted by Gasteiger charge is 2.14. The maximum absolute atomic E-state index is 10.7. The van der Waals surface area contributed by atoms with Crippen molar-refractivity contribution < 1.29 is 9.84 Å². The summed E-state index contributed by atoms with van der Waals surface area (Å²) in [7, 11) is 0. The molecule has 1 heterocycles. The van der Waals surface area contributed by atoms with E-state index in [0.29, 0.717) is 6.61 Å². The number of benzene rings is 2. The summed E-state index contributed by atoms with van der Waals surface area (Å²) in [5.74, 6) is 0.766. The van der Waals surface area contributed by atoms with Crippen molar-refractivity contribution in [3.8, 4) is 5.75 Å². The lowest BCUT2D eigenvalue weighted by molar-refractivity contribution is 0.221. The minimum Gasteiger partial charge on any atom is -0.494 e. The SMILES string of the molecule is CCOc1cccc(C(O)c2cccc3cccnc23)c1. The Bertz CT molecular complexity index is 750. The van der Waals surface area contributed by atoms with E-state index in [1.54, 1.807) is 6.20 Å². The van der Waals surface area contributed by atoms with Crippen molar-refractivity contribution in [2.45, 2.75) is 13.0 Å². The third-order valence-corrected chi connectivity index (χ3v) is 3.44. The van der Waals surface area contributed by atoms with Gasteiger partial charge < -0.3 is 9.84 Å². The largest absolute Gasteiger partial charge is 0.494 e. The van der Waals surface area contributed by atoms with Crippen LogP contribution in [0.15, 0.2) is 60.8 Å². The number of para-hydroxylation sites is 1. The number of nitrogens with zero attached hydrogens (tertiary/aromatic N) is 1. The average molecular weight is 279 g/mol. The van der Waals surface area contributed by atoms with E-state index < -0.39 is 6.10 Å². The quantitative estimate of drug-likeness (QED) is 0.791. The molecular weight excluding hydrogens is 262 g/mol. The zero-order chi connectivity index (χ0) is 14.7. The van der Waals surface area contributed by atoms with Gasteiger partial charge >= 0.3 is 0 Å². The Morgan fingerprint density at radius 2 is 1.90 bits per heavy atom. The molecule has 3 aromatic rings. The standard InChI is InChI=1S/C18H17NO2/c1-2-21-15-9-3-7-14(12-15)18(20)16-10-4-6-13-8-5-11-19-17(13)16/h3-12,18,20H,2H2,1H3. The minimum atomic E-state index is -0.719. The first kappa shape index (κ1) is 13.6. The molecule has 0 spiro atoms. The number of rotatable bonds is 4. The highest BCUT2D eigenvalue weighted by atomic mass is 16.5. The maximum Gasteiger partial charge on any atom is 0.119 e. The molecule has 21 heavy (non-hydrogen) atoms. The van der Waals surface area contributed by atoms with Crippen LogP contribution in [0.3, 0.4) is 0 Å². The van der Waals surface area contributed by atoms with Crippen LogP contribution < -0.4 is 4.74 Å². The number of ether oxygens (including phenoxy) is 1. The molecule has 0 bridgehead atoms. The van der Waals surface area contributed by atoms with Gasteiger partial charge in [-0.3, -0.25) is 4.98 Å². The van der Waals surface area contributed by atoms with Crippen LogP contribution in [0.25, 0.3) is 10.9 Å². The molecule has 0 fully saturated rings. The van der Waals surface area contributed by atoms with Gasteiger partial charge in [-0.05, 0) is 30.7 Å². The molecule has 2 aromatic carbocycles. The summed E-state index contributed by atoms with van der Waals surface area (Å²) in [6.45, 7) is 2.55. The van der Waals surface area contributed by atoms with Gasteiger partial charge in [0.15, 0.2) is 0 Å². The van der Waals surface area contributed by atoms with E-state index in [1.165, 1.54) is 0 Å². The van der Waals surface area contributed by atoms with E-state index in [0.717, 1.165) is 27.8 Å². The second-order valence-electron chi connectivity index (χ2n) is 4.83. The fourth-order valence-corrected chi connectivity index (χ4v) is 2.47. The summed E-state index contributed by atoms with van der Waals surface area (Å²) in [4.78, 5) is 4.40. The maximum atomic E-state index is 10.7. The zero-order valence-corrected chi connectivity index (χ0v) is 11.9. The van der Waals surface area contributed by atoms with Gasteiger partial charge in [0.25, 0.3) is 0 Å². The van der Waals surface area contributed by atoms with Crippen molar-refractivity contribution in [1.82, 2.24) is 4.98 Å². The van der Waals surface area contributed by atoms with E-state index in [9.17, 15) is 5.11 Å². The third-order valence-electron chi connectivity index (χ3n) is 3.44. The molecule has 0 radical (unpaired) electrons. The highest BCUT2D eigenvalue weighted by Crippen LogP contribution is 2.29. The van der Waals surface area contributed by atoms with Crippen molar-refractivity contribution in [3.05, 3.63) is 71.9 Å². The van der Waals surface area contributed by atoms with Gasteiger partial charge in [-0.1, -0.05) is 36.4 Å². The fraction of sp³-hybridized carbons (Fsp3) is 0.167. The number of aliphatic hydroxyl groups is 1. The summed E-state index contributed by atoms with van der Waals surface area (Å²) in [5.41, 5.74) is 2.44. The van der Waals surface area contributed by atoms with Crippen LogP contribution in [0.5, 0.6) is 5.75 Å². The lowest BCUT2D eigenvalue weighted by atomic mass is 9.98. The van der Waals surface area contributed by atoms with Crippen molar-refractivity contribution >= 4 is 10.9 Å². The zero-order valence-electron chi connectivity index (χ0n) is 11.9. The van der Waals surface area contributed by atoms with Gasteiger partial charge in [0.1, 0.15) is 11.9 Å². The molecule has 106 valence electrons. The molecule has 0 amide bonds. The summed E-state index contributed by atoms with van der Waals surface area (Å²) < 4.78 is 5.49. The Hall–Kier alpha value is -2.39. The monoisotopic (exact) mass is 279 g/mol. The van der Waals surface area contributed by atoms with Gasteiger partial charge in [-0.25, -0.2) is 0 Å². The second kappa shape index (κ2) is 5.94. The molecule has 0 saturated heterocycles. The Kier molecular flexibility index (Phi) is 3.84. The van der Waals surface area contributed by atoms with Crippen molar-refractivity contribution in [2.75, 3.05) is 6.61 Å². The number of aliphatic hydroxyl groups excluding tert-OH is 1. The number of hydrogen-bond donors (Lipinski definition) is 1. The number of pyridine rings is 1. The Morgan fingerprint density at radius 3 is 2.76 bits per heavy atom. The first-order valence-electron chi connectivity index (χ1n) is 7.04. The van der Waals surface area contributed by atoms with Crippen LogP contribution >= 0.6 is 0 Å². The summed E-state index contributed by atoms with van der Waals surface area (Å²) in [6, 6.07) is 17.3. The normalized spacial score (nSPS) is 12.3. The third kappa shape index (κ3) is 2.73. The molecule has 1 aromatic heterocycles. The Labute approximate surface area is 123 Å². The van der Waals surface area contributed by atoms with Crippen molar-refractivity contribution in [3.63, 3.8) is 0 Å². The van der Waals surface area contributed by atoms with Gasteiger partial charge in [0.2, 0.25) is 0 Å². The van der Waals surface area contributed by atoms with E-state index in [2.05, 4.69) is 4.98 Å². The first-order chi connectivity index (χ1) is 10.3. The predicted molar refractivity (Wildman–Crippen MR) is 83.4 cm³/mol. The van der Waals surface area contributed by atoms with Crippen LogP contribution in [-0.4, -0.2) is 16.7 Å². The lowest BCUT2D eigenvalue weighted by Crippen LogP contribution is -2.02. The molecular formula is C18H17NO2. The van der Waals surface area contributed by atoms with Crippen molar-refractivity contribution in [1.29, 1.82) is 0 Å². The first-order valence-corrected chi connectivity index (χ1v) is 7.04. The van der Waals surface area contributed by atoms with Crippen LogP contribution in [0, 0.1) is 0 Å². The molecule has 3 heteroatoms. The molecule has 1 N–H and O–H groups in total. The van der Waals surface area contributed by atoms with Gasteiger partial charge in [0.05, 0.1) is 12.1 Å². The van der Waals surface area contributed by atoms with Gasteiger partial charge in [-0.2, -0.15) is 0 Å². The van der Waals surface area contributed by atoms with E-state index in [4.69, 9.17) is 4.74 Å². The molecule has 0 aliphatic carbocycles. The van der Waals surface area contributed by atoms with Crippen LogP contribution in [0.4, 0.5) is 0 Å². The summed E-state index contributed by atoms with van der Waals surface area (Å²) in [6.07, 6.45) is 1.03. The van der Waals surface area contributed by atoms with Crippen molar-refractivity contribution in [2.24, 2.45) is 0 Å². The van der Waals surface area contributed by atoms with Gasteiger partial charge in [-0.15, -0.1) is 0 Å². The van der Waals surface area contributed by atoms with Crippen LogP contribution in [-0.2, 0) is 0 Å². The summed E-state index contributed by atoms with van der Waals surface area (Å²) in [5, 5.41) is 11.7. The average Bonchev–Trinajstić information content (AvgIpc) is 2.54. The molecule has 1 unspecified atom stereocenters. The minimum absolute atomic E-state index is 0.607. The van der Waals surface area contributed by atoms with Gasteiger partial charge in [0, 0.05) is 17.1 Å². The smallest absolute Gasteiger partial charge is 0.119 e. The highest BCUT2D eigenvalue weighted by molar-refractivity contribution is 5.82. The van der Waals surface area contributed by atoms with E-state index >= 15 is 0 Å². The van der Waals surface area contributed by atoms with Crippen LogP contribution in [0.2, 0.25) is 0 Å². The molecule has 0 aliphatic heterocycles. The topological polar surface area (TPSA) is 42.4 Å². The fourth-order valence-electron chi connectivity index (χ4n) is 2.47. The lowest BCUT2D eigenvalue weighted by Gasteiger charge is -2.14. The summed E-state index contributed by atoms with van der Waals surface area (Å²) >= 11 is 0. The van der Waals surface area contributed by atoms with E-state index in [-0.39, 0.29) is 0 Å². The molecule has 0 aliphatic rings. The number of aromatic nitrogens is 1. The molecule has 0 saturated carbocycles. The second-order valence-corrected chi connectivity index (χ2v) is 4.83. The molecule has 1 atom stereocenters. The number of hydrogen-bond acceptors (Lipinski definition) is 3.